The molecule has 1 aromatic rings. The molecule has 1 heterocycles. The highest BCUT2D eigenvalue weighted by Gasteiger charge is 2.47. The summed E-state index contributed by atoms with van der Waals surface area (Å²) >= 11 is 0. The van der Waals surface area contributed by atoms with Gasteiger partial charge in [-0.2, -0.15) is 0 Å². The fourth-order valence-corrected chi connectivity index (χ4v) is 2.98. The Bertz CT molecular complexity index is 544. The number of hydrogen-bond donors (Lipinski definition) is 1. The van der Waals surface area contributed by atoms with Gasteiger partial charge in [-0.15, -0.1) is 0 Å². The first-order valence-corrected chi connectivity index (χ1v) is 6.65. The number of benzene rings is 1. The molecule has 1 N–H and O–H groups in total. The maximum absolute atomic E-state index is 11.1. The number of carbonyl (C=O) groups is 1. The summed E-state index contributed by atoms with van der Waals surface area (Å²) in [6.07, 6.45) is 2.09. The van der Waals surface area contributed by atoms with Gasteiger partial charge in [0, 0.05) is 5.41 Å². The molecule has 0 spiro atoms. The van der Waals surface area contributed by atoms with E-state index in [1.54, 1.807) is 0 Å². The topological polar surface area (TPSA) is 55.8 Å². The predicted molar refractivity (Wildman–Crippen MR) is 70.1 cm³/mol. The van der Waals surface area contributed by atoms with Crippen molar-refractivity contribution < 1.29 is 19.4 Å². The molecule has 19 heavy (non-hydrogen) atoms. The van der Waals surface area contributed by atoms with Crippen LogP contribution in [0.3, 0.4) is 0 Å². The van der Waals surface area contributed by atoms with Crippen molar-refractivity contribution >= 4 is 5.97 Å². The summed E-state index contributed by atoms with van der Waals surface area (Å²) in [7, 11) is 0. The van der Waals surface area contributed by atoms with Gasteiger partial charge < -0.3 is 14.6 Å². The largest absolute Gasteiger partial charge is 0.486 e. The minimum Gasteiger partial charge on any atom is -0.486 e. The number of carboxylic acid groups (broad SMARTS) is 1. The summed E-state index contributed by atoms with van der Waals surface area (Å²) in [5, 5.41) is 9.09. The van der Waals surface area contributed by atoms with E-state index in [-0.39, 0.29) is 11.8 Å². The maximum atomic E-state index is 11.1. The fourth-order valence-electron chi connectivity index (χ4n) is 2.98. The number of fused-ring (bicyclic) bond motifs is 1. The quantitative estimate of drug-likeness (QED) is 0.909. The molecule has 0 unspecified atom stereocenters. The Balaban J connectivity index is 2.07. The number of hydrogen-bond acceptors (Lipinski definition) is 3. The van der Waals surface area contributed by atoms with Crippen LogP contribution in [0.15, 0.2) is 6.07 Å². The summed E-state index contributed by atoms with van der Waals surface area (Å²) in [5.41, 5.74) is 3.15. The van der Waals surface area contributed by atoms with Gasteiger partial charge in [-0.3, -0.25) is 4.79 Å². The molecule has 3 rings (SSSR count). The smallest absolute Gasteiger partial charge is 0.304 e. The van der Waals surface area contributed by atoms with E-state index in [1.165, 1.54) is 0 Å². The highest BCUT2D eigenvalue weighted by Crippen LogP contribution is 2.54. The summed E-state index contributed by atoms with van der Waals surface area (Å²) in [6, 6.07) is 1.99. The van der Waals surface area contributed by atoms with Crippen LogP contribution in [0, 0.1) is 13.8 Å². The Labute approximate surface area is 112 Å². The normalized spacial score (nSPS) is 19.1. The Kier molecular flexibility index (Phi) is 2.69. The molecular weight excluding hydrogens is 244 g/mol. The number of aliphatic carboxylic acids is 1. The molecule has 0 radical (unpaired) electrons. The third kappa shape index (κ3) is 1.95. The summed E-state index contributed by atoms with van der Waals surface area (Å²) in [6.45, 7) is 5.20. The monoisotopic (exact) mass is 262 g/mol. The molecular formula is C15H18O4. The van der Waals surface area contributed by atoms with E-state index in [4.69, 9.17) is 14.6 Å². The highest BCUT2D eigenvalue weighted by molar-refractivity contribution is 5.71. The zero-order chi connectivity index (χ0) is 13.6. The molecule has 102 valence electrons. The van der Waals surface area contributed by atoms with Crippen LogP contribution in [0.5, 0.6) is 11.5 Å². The average molecular weight is 262 g/mol. The number of rotatable bonds is 3. The van der Waals surface area contributed by atoms with E-state index in [2.05, 4.69) is 0 Å². The number of carboxylic acids is 1. The lowest BCUT2D eigenvalue weighted by Gasteiger charge is -2.25. The lowest BCUT2D eigenvalue weighted by Crippen LogP contribution is -2.20. The molecule has 1 fully saturated rings. The third-order valence-electron chi connectivity index (χ3n) is 4.31. The Morgan fingerprint density at radius 3 is 2.58 bits per heavy atom. The van der Waals surface area contributed by atoms with Crippen molar-refractivity contribution in [3.8, 4) is 11.5 Å². The Morgan fingerprint density at radius 2 is 1.95 bits per heavy atom. The van der Waals surface area contributed by atoms with E-state index < -0.39 is 5.97 Å². The van der Waals surface area contributed by atoms with Crippen LogP contribution in [-0.2, 0) is 10.2 Å². The van der Waals surface area contributed by atoms with Crippen molar-refractivity contribution in [2.75, 3.05) is 13.2 Å². The molecule has 4 nitrogen and oxygen atoms in total. The first-order valence-electron chi connectivity index (χ1n) is 6.65. The molecule has 2 aliphatic rings. The van der Waals surface area contributed by atoms with E-state index in [0.717, 1.165) is 41.0 Å². The zero-order valence-corrected chi connectivity index (χ0v) is 11.3. The minimum absolute atomic E-state index is 0.184. The fraction of sp³-hybridized carbons (Fsp3) is 0.533. The van der Waals surface area contributed by atoms with Crippen LogP contribution in [0.1, 0.15) is 36.0 Å². The average Bonchev–Trinajstić information content (AvgIpc) is 3.13. The summed E-state index contributed by atoms with van der Waals surface area (Å²) in [5.74, 6) is 0.851. The molecule has 0 amide bonds. The zero-order valence-electron chi connectivity index (χ0n) is 11.3. The van der Waals surface area contributed by atoms with Gasteiger partial charge in [-0.1, -0.05) is 0 Å². The minimum atomic E-state index is -0.732. The second-order valence-corrected chi connectivity index (χ2v) is 5.55. The van der Waals surface area contributed by atoms with Crippen molar-refractivity contribution in [2.24, 2.45) is 0 Å². The molecule has 0 saturated heterocycles. The highest BCUT2D eigenvalue weighted by atomic mass is 16.6. The number of ether oxygens (including phenoxy) is 2. The lowest BCUT2D eigenvalue weighted by atomic mass is 9.86. The predicted octanol–water partition coefficient (Wildman–Crippen LogP) is 2.58. The van der Waals surface area contributed by atoms with Crippen molar-refractivity contribution in [2.45, 2.75) is 38.5 Å². The van der Waals surface area contributed by atoms with Gasteiger partial charge >= 0.3 is 5.97 Å². The molecule has 4 heteroatoms. The van der Waals surface area contributed by atoms with Gasteiger partial charge in [0.15, 0.2) is 11.5 Å². The standard InChI is InChI=1S/C15H18O4/c1-9-10(2)14-12(18-5-6-19-14)7-11(9)15(3-4-15)8-13(16)17/h7H,3-6,8H2,1-2H3,(H,16,17). The van der Waals surface area contributed by atoms with Gasteiger partial charge in [0.25, 0.3) is 0 Å². The van der Waals surface area contributed by atoms with E-state index >= 15 is 0 Å². The molecule has 0 aromatic heterocycles. The van der Waals surface area contributed by atoms with Crippen LogP contribution in [-0.4, -0.2) is 24.3 Å². The SMILES string of the molecule is Cc1c(C2(CC(=O)O)CC2)cc2c(c1C)OCCO2. The van der Waals surface area contributed by atoms with Crippen LogP contribution >= 0.6 is 0 Å². The van der Waals surface area contributed by atoms with E-state index in [0.29, 0.717) is 13.2 Å². The van der Waals surface area contributed by atoms with Gasteiger partial charge in [0.2, 0.25) is 0 Å². The summed E-state index contributed by atoms with van der Waals surface area (Å²) in [4.78, 5) is 11.1. The van der Waals surface area contributed by atoms with Crippen LogP contribution in [0.4, 0.5) is 0 Å². The summed E-state index contributed by atoms with van der Waals surface area (Å²) < 4.78 is 11.3. The van der Waals surface area contributed by atoms with E-state index in [1.807, 2.05) is 19.9 Å². The molecule has 1 aliphatic carbocycles. The molecule has 1 aromatic carbocycles. The van der Waals surface area contributed by atoms with E-state index in [9.17, 15) is 4.79 Å². The van der Waals surface area contributed by atoms with Crippen LogP contribution < -0.4 is 9.47 Å². The van der Waals surface area contributed by atoms with Gasteiger partial charge in [0.1, 0.15) is 13.2 Å². The van der Waals surface area contributed by atoms with Crippen molar-refractivity contribution in [1.82, 2.24) is 0 Å². The first kappa shape index (κ1) is 12.3. The van der Waals surface area contributed by atoms with Gasteiger partial charge in [-0.25, -0.2) is 0 Å². The van der Waals surface area contributed by atoms with Crippen molar-refractivity contribution in [3.63, 3.8) is 0 Å². The Morgan fingerprint density at radius 1 is 1.26 bits per heavy atom. The Hall–Kier alpha value is -1.71. The van der Waals surface area contributed by atoms with Crippen LogP contribution in [0.25, 0.3) is 0 Å². The van der Waals surface area contributed by atoms with Gasteiger partial charge in [-0.05, 0) is 49.4 Å². The molecule has 1 aliphatic heterocycles. The second kappa shape index (κ2) is 4.15. The van der Waals surface area contributed by atoms with Crippen LogP contribution in [0.2, 0.25) is 0 Å². The van der Waals surface area contributed by atoms with Crippen molar-refractivity contribution in [1.29, 1.82) is 0 Å². The lowest BCUT2D eigenvalue weighted by molar-refractivity contribution is -0.137. The van der Waals surface area contributed by atoms with Crippen molar-refractivity contribution in [3.05, 3.63) is 22.8 Å². The molecule has 0 atom stereocenters. The first-order chi connectivity index (χ1) is 9.03. The second-order valence-electron chi connectivity index (χ2n) is 5.55. The molecule has 1 saturated carbocycles. The molecule has 0 bridgehead atoms. The van der Waals surface area contributed by atoms with Gasteiger partial charge in [0.05, 0.1) is 6.42 Å². The maximum Gasteiger partial charge on any atom is 0.304 e. The third-order valence-corrected chi connectivity index (χ3v) is 4.31.